The maximum Gasteiger partial charge on any atom is 0.326 e. The Morgan fingerprint density at radius 1 is 1.42 bits per heavy atom. The summed E-state index contributed by atoms with van der Waals surface area (Å²) >= 11 is 1.19. The molecular formula is C17H18FNO4S. The minimum Gasteiger partial charge on any atom is -0.480 e. The molecule has 0 aliphatic carbocycles. The van der Waals surface area contributed by atoms with Gasteiger partial charge in [-0.15, -0.1) is 11.3 Å². The van der Waals surface area contributed by atoms with Gasteiger partial charge in [0.15, 0.2) is 0 Å². The summed E-state index contributed by atoms with van der Waals surface area (Å²) in [5, 5.41) is 9.77. The van der Waals surface area contributed by atoms with E-state index in [1.807, 2.05) is 0 Å². The SMILES string of the molecule is COCc1c(C(=O)N2CCCC[C@@H]2C(=O)O)sc2cccc(F)c12. The number of carboxylic acids is 1. The fourth-order valence-electron chi connectivity index (χ4n) is 3.18. The number of rotatable bonds is 4. The summed E-state index contributed by atoms with van der Waals surface area (Å²) in [4.78, 5) is 26.2. The van der Waals surface area contributed by atoms with Gasteiger partial charge in [0.2, 0.25) is 0 Å². The number of hydrogen-bond donors (Lipinski definition) is 1. The highest BCUT2D eigenvalue weighted by molar-refractivity contribution is 7.21. The van der Waals surface area contributed by atoms with Crippen molar-refractivity contribution in [2.45, 2.75) is 31.9 Å². The lowest BCUT2D eigenvalue weighted by atomic mass is 10.0. The number of methoxy groups -OCH3 is 1. The van der Waals surface area contributed by atoms with Crippen molar-refractivity contribution in [3.05, 3.63) is 34.5 Å². The maximum atomic E-state index is 14.2. The van der Waals surface area contributed by atoms with E-state index in [4.69, 9.17) is 4.74 Å². The zero-order valence-corrected chi connectivity index (χ0v) is 14.1. The van der Waals surface area contributed by atoms with E-state index in [9.17, 15) is 19.1 Å². The Kier molecular flexibility index (Phi) is 4.82. The molecule has 1 fully saturated rings. The molecule has 3 rings (SSSR count). The quantitative estimate of drug-likeness (QED) is 0.918. The monoisotopic (exact) mass is 351 g/mol. The number of ether oxygens (including phenoxy) is 1. The highest BCUT2D eigenvalue weighted by Crippen LogP contribution is 2.35. The first-order valence-corrected chi connectivity index (χ1v) is 8.59. The predicted molar refractivity (Wildman–Crippen MR) is 88.8 cm³/mol. The molecule has 1 atom stereocenters. The van der Waals surface area contributed by atoms with Crippen LogP contribution in [0.3, 0.4) is 0 Å². The highest BCUT2D eigenvalue weighted by atomic mass is 32.1. The molecule has 1 N–H and O–H groups in total. The Morgan fingerprint density at radius 2 is 2.21 bits per heavy atom. The fraction of sp³-hybridized carbons (Fsp3) is 0.412. The van der Waals surface area contributed by atoms with Gasteiger partial charge in [-0.1, -0.05) is 6.07 Å². The maximum absolute atomic E-state index is 14.2. The second-order valence-electron chi connectivity index (χ2n) is 5.80. The Hall–Kier alpha value is -1.99. The summed E-state index contributed by atoms with van der Waals surface area (Å²) in [6, 6.07) is 3.88. The van der Waals surface area contributed by atoms with Crippen molar-refractivity contribution in [3.8, 4) is 0 Å². The Bertz CT molecular complexity index is 788. The summed E-state index contributed by atoms with van der Waals surface area (Å²) in [7, 11) is 1.49. The van der Waals surface area contributed by atoms with E-state index in [0.717, 1.165) is 12.8 Å². The average molecular weight is 351 g/mol. The minimum absolute atomic E-state index is 0.105. The van der Waals surface area contributed by atoms with Gasteiger partial charge in [-0.25, -0.2) is 9.18 Å². The van der Waals surface area contributed by atoms with Gasteiger partial charge in [0.25, 0.3) is 5.91 Å². The van der Waals surface area contributed by atoms with Gasteiger partial charge in [-0.2, -0.15) is 0 Å². The molecule has 1 aliphatic rings. The Labute approximate surface area is 142 Å². The molecule has 1 aromatic carbocycles. The van der Waals surface area contributed by atoms with Crippen LogP contribution in [0.2, 0.25) is 0 Å². The second-order valence-corrected chi connectivity index (χ2v) is 6.86. The van der Waals surface area contributed by atoms with Crippen molar-refractivity contribution in [2.24, 2.45) is 0 Å². The molecule has 0 unspecified atom stereocenters. The van der Waals surface area contributed by atoms with Gasteiger partial charge in [0, 0.05) is 29.3 Å². The second kappa shape index (κ2) is 6.86. The third-order valence-corrected chi connectivity index (χ3v) is 5.48. The van der Waals surface area contributed by atoms with E-state index in [2.05, 4.69) is 0 Å². The van der Waals surface area contributed by atoms with Crippen LogP contribution in [0.25, 0.3) is 10.1 Å². The largest absolute Gasteiger partial charge is 0.480 e. The number of piperidine rings is 1. The molecule has 0 saturated carbocycles. The van der Waals surface area contributed by atoms with Crippen LogP contribution in [-0.4, -0.2) is 41.6 Å². The third-order valence-electron chi connectivity index (χ3n) is 4.29. The Morgan fingerprint density at radius 3 is 2.92 bits per heavy atom. The molecule has 1 amide bonds. The van der Waals surface area contributed by atoms with Crippen LogP contribution in [0.15, 0.2) is 18.2 Å². The van der Waals surface area contributed by atoms with Crippen molar-refractivity contribution in [2.75, 3.05) is 13.7 Å². The molecule has 2 heterocycles. The van der Waals surface area contributed by atoms with E-state index >= 15 is 0 Å². The fourth-order valence-corrected chi connectivity index (χ4v) is 4.36. The number of amides is 1. The van der Waals surface area contributed by atoms with Gasteiger partial charge in [0.1, 0.15) is 11.9 Å². The van der Waals surface area contributed by atoms with E-state index in [1.54, 1.807) is 12.1 Å². The van der Waals surface area contributed by atoms with Gasteiger partial charge in [-0.3, -0.25) is 4.79 Å². The highest BCUT2D eigenvalue weighted by Gasteiger charge is 2.34. The molecule has 24 heavy (non-hydrogen) atoms. The van der Waals surface area contributed by atoms with Gasteiger partial charge in [0.05, 0.1) is 11.5 Å². The molecule has 7 heteroatoms. The molecule has 5 nitrogen and oxygen atoms in total. The van der Waals surface area contributed by atoms with Crippen LogP contribution < -0.4 is 0 Å². The van der Waals surface area contributed by atoms with Gasteiger partial charge >= 0.3 is 5.97 Å². The standard InChI is InChI=1S/C17H18FNO4S/c1-23-9-10-14-11(18)5-4-7-13(14)24-15(10)16(20)19-8-3-2-6-12(19)17(21)22/h4-5,7,12H,2-3,6,8-9H2,1H3,(H,21,22)/t12-/m1/s1. The van der Waals surface area contributed by atoms with Crippen molar-refractivity contribution in [1.82, 2.24) is 4.90 Å². The predicted octanol–water partition coefficient (Wildman–Crippen LogP) is 3.27. The lowest BCUT2D eigenvalue weighted by Crippen LogP contribution is -2.48. The van der Waals surface area contributed by atoms with E-state index in [1.165, 1.54) is 29.4 Å². The molecule has 2 aromatic rings. The van der Waals surface area contributed by atoms with Gasteiger partial charge in [-0.05, 0) is 31.4 Å². The first-order chi connectivity index (χ1) is 11.5. The molecular weight excluding hydrogens is 333 g/mol. The summed E-state index contributed by atoms with van der Waals surface area (Å²) in [6.07, 6.45) is 2.00. The van der Waals surface area contributed by atoms with Crippen LogP contribution in [0.4, 0.5) is 4.39 Å². The first kappa shape index (κ1) is 16.9. The topological polar surface area (TPSA) is 66.8 Å². The van der Waals surface area contributed by atoms with Crippen LogP contribution in [0, 0.1) is 5.82 Å². The zero-order chi connectivity index (χ0) is 17.3. The number of likely N-dealkylation sites (tertiary alicyclic amines) is 1. The molecule has 0 bridgehead atoms. The lowest BCUT2D eigenvalue weighted by molar-refractivity contribution is -0.143. The normalized spacial score (nSPS) is 18.1. The number of aliphatic carboxylic acids is 1. The summed E-state index contributed by atoms with van der Waals surface area (Å²) in [5.74, 6) is -1.75. The van der Waals surface area contributed by atoms with Crippen LogP contribution in [-0.2, 0) is 16.1 Å². The molecule has 0 spiro atoms. The zero-order valence-electron chi connectivity index (χ0n) is 13.3. The van der Waals surface area contributed by atoms with Crippen LogP contribution in [0.1, 0.15) is 34.5 Å². The van der Waals surface area contributed by atoms with Crippen LogP contribution >= 0.6 is 11.3 Å². The third kappa shape index (κ3) is 2.89. The first-order valence-electron chi connectivity index (χ1n) is 7.77. The lowest BCUT2D eigenvalue weighted by Gasteiger charge is -2.32. The van der Waals surface area contributed by atoms with E-state index < -0.39 is 17.8 Å². The average Bonchev–Trinajstić information content (AvgIpc) is 2.94. The summed E-state index contributed by atoms with van der Waals surface area (Å²) < 4.78 is 20.0. The smallest absolute Gasteiger partial charge is 0.326 e. The van der Waals surface area contributed by atoms with Crippen molar-refractivity contribution in [3.63, 3.8) is 0 Å². The number of hydrogen-bond acceptors (Lipinski definition) is 4. The molecule has 0 radical (unpaired) electrons. The number of fused-ring (bicyclic) bond motifs is 1. The molecule has 1 aliphatic heterocycles. The molecule has 128 valence electrons. The number of thiophene rings is 1. The number of benzene rings is 1. The summed E-state index contributed by atoms with van der Waals surface area (Å²) in [5.41, 5.74) is 0.496. The number of carbonyl (C=O) groups excluding carboxylic acids is 1. The summed E-state index contributed by atoms with van der Waals surface area (Å²) in [6.45, 7) is 0.506. The molecule has 1 saturated heterocycles. The van der Waals surface area contributed by atoms with Gasteiger partial charge < -0.3 is 14.7 Å². The molecule has 1 aromatic heterocycles. The van der Waals surface area contributed by atoms with E-state index in [-0.39, 0.29) is 12.5 Å². The number of halogens is 1. The number of nitrogens with zero attached hydrogens (tertiary/aromatic N) is 1. The van der Waals surface area contributed by atoms with Crippen molar-refractivity contribution < 1.29 is 23.8 Å². The van der Waals surface area contributed by atoms with Crippen molar-refractivity contribution in [1.29, 1.82) is 0 Å². The van der Waals surface area contributed by atoms with Crippen LogP contribution in [0.5, 0.6) is 0 Å². The number of carboxylic acid groups (broad SMARTS) is 1. The minimum atomic E-state index is -0.997. The Balaban J connectivity index is 2.07. The number of carbonyl (C=O) groups is 2. The van der Waals surface area contributed by atoms with Crippen molar-refractivity contribution >= 4 is 33.3 Å². The van der Waals surface area contributed by atoms with E-state index in [0.29, 0.717) is 33.5 Å².